The summed E-state index contributed by atoms with van der Waals surface area (Å²) in [5, 5.41) is 9.97. The molecule has 1 aliphatic carbocycles. The van der Waals surface area contributed by atoms with Gasteiger partial charge in [0.1, 0.15) is 6.04 Å². The number of benzene rings is 1. The molecule has 0 spiro atoms. The van der Waals surface area contributed by atoms with Gasteiger partial charge in [0.05, 0.1) is 5.75 Å². The lowest BCUT2D eigenvalue weighted by molar-refractivity contribution is -0.123. The van der Waals surface area contributed by atoms with E-state index >= 15 is 0 Å². The smallest absolute Gasteiger partial charge is 0.335 e. The highest BCUT2D eigenvalue weighted by molar-refractivity contribution is 7.91. The van der Waals surface area contributed by atoms with Crippen molar-refractivity contribution in [3.05, 3.63) is 41.8 Å². The SMILES string of the molecule is CCS(=O)(=O)c1nnc([C@H](Cc2ccccc2)NC(=O)C2CC2)o1. The van der Waals surface area contributed by atoms with Gasteiger partial charge in [0.25, 0.3) is 0 Å². The molecule has 1 saturated carbocycles. The molecule has 0 unspecified atom stereocenters. The largest absolute Gasteiger partial charge is 0.410 e. The van der Waals surface area contributed by atoms with Crippen LogP contribution in [0.2, 0.25) is 0 Å². The molecular formula is C16H19N3O4S. The van der Waals surface area contributed by atoms with E-state index in [1.807, 2.05) is 30.3 Å². The minimum atomic E-state index is -3.57. The number of nitrogens with zero attached hydrogens (tertiary/aromatic N) is 2. The molecule has 8 heteroatoms. The summed E-state index contributed by atoms with van der Waals surface area (Å²) in [7, 11) is -3.57. The Morgan fingerprint density at radius 2 is 2.00 bits per heavy atom. The number of rotatable bonds is 7. The summed E-state index contributed by atoms with van der Waals surface area (Å²) in [6.07, 6.45) is 2.21. The Bertz CT molecular complexity index is 813. The van der Waals surface area contributed by atoms with E-state index in [9.17, 15) is 13.2 Å². The number of amides is 1. The lowest BCUT2D eigenvalue weighted by atomic mass is 10.1. The average molecular weight is 349 g/mol. The second-order valence-electron chi connectivity index (χ2n) is 5.83. The molecule has 2 aromatic rings. The first kappa shape index (κ1) is 16.6. The number of carbonyl (C=O) groups excluding carboxylic acids is 1. The first-order valence-corrected chi connectivity index (χ1v) is 9.55. The maximum absolute atomic E-state index is 12.1. The van der Waals surface area contributed by atoms with Crippen LogP contribution in [0, 0.1) is 5.92 Å². The molecule has 24 heavy (non-hydrogen) atoms. The first-order chi connectivity index (χ1) is 11.5. The van der Waals surface area contributed by atoms with Crippen LogP contribution in [0.15, 0.2) is 40.0 Å². The van der Waals surface area contributed by atoms with Crippen LogP contribution in [0.25, 0.3) is 0 Å². The molecule has 1 N–H and O–H groups in total. The molecule has 0 bridgehead atoms. The van der Waals surface area contributed by atoms with Gasteiger partial charge >= 0.3 is 5.22 Å². The van der Waals surface area contributed by atoms with E-state index < -0.39 is 21.1 Å². The summed E-state index contributed by atoms with van der Waals surface area (Å²) in [4.78, 5) is 12.1. The fraction of sp³-hybridized carbons (Fsp3) is 0.438. The van der Waals surface area contributed by atoms with Crippen molar-refractivity contribution in [2.75, 3.05) is 5.75 Å². The first-order valence-electron chi connectivity index (χ1n) is 7.90. The molecular weight excluding hydrogens is 330 g/mol. The molecule has 1 heterocycles. The molecule has 1 fully saturated rings. The highest BCUT2D eigenvalue weighted by Gasteiger charge is 2.33. The molecule has 1 aromatic heterocycles. The summed E-state index contributed by atoms with van der Waals surface area (Å²) < 4.78 is 29.1. The van der Waals surface area contributed by atoms with Gasteiger partial charge < -0.3 is 9.73 Å². The third kappa shape index (κ3) is 3.81. The van der Waals surface area contributed by atoms with Crippen LogP contribution < -0.4 is 5.32 Å². The topological polar surface area (TPSA) is 102 Å². The van der Waals surface area contributed by atoms with Crippen molar-refractivity contribution in [3.8, 4) is 0 Å². The maximum Gasteiger partial charge on any atom is 0.335 e. The molecule has 1 amide bonds. The predicted octanol–water partition coefficient (Wildman–Crippen LogP) is 1.67. The zero-order chi connectivity index (χ0) is 17.2. The van der Waals surface area contributed by atoms with Gasteiger partial charge in [-0.1, -0.05) is 42.4 Å². The van der Waals surface area contributed by atoms with Crippen LogP contribution in [0.1, 0.15) is 37.3 Å². The lowest BCUT2D eigenvalue weighted by Gasteiger charge is -2.15. The van der Waals surface area contributed by atoms with E-state index in [2.05, 4.69) is 15.5 Å². The van der Waals surface area contributed by atoms with E-state index in [4.69, 9.17) is 4.42 Å². The number of hydrogen-bond donors (Lipinski definition) is 1. The van der Waals surface area contributed by atoms with Crippen molar-refractivity contribution in [2.45, 2.75) is 37.5 Å². The van der Waals surface area contributed by atoms with Gasteiger partial charge in [-0.15, -0.1) is 5.10 Å². The zero-order valence-corrected chi connectivity index (χ0v) is 14.1. The van der Waals surface area contributed by atoms with Gasteiger partial charge in [0.15, 0.2) is 0 Å². The Hall–Kier alpha value is -2.22. The summed E-state index contributed by atoms with van der Waals surface area (Å²) >= 11 is 0. The molecule has 3 rings (SSSR count). The average Bonchev–Trinajstić information content (AvgIpc) is 3.31. The van der Waals surface area contributed by atoms with Crippen molar-refractivity contribution < 1.29 is 17.6 Å². The second kappa shape index (κ2) is 6.72. The normalized spacial score (nSPS) is 15.9. The Morgan fingerprint density at radius 1 is 1.29 bits per heavy atom. The maximum atomic E-state index is 12.1. The summed E-state index contributed by atoms with van der Waals surface area (Å²) in [6, 6.07) is 9.01. The van der Waals surface area contributed by atoms with Crippen LogP contribution in [-0.2, 0) is 21.1 Å². The van der Waals surface area contributed by atoms with Gasteiger partial charge in [-0.2, -0.15) is 0 Å². The van der Waals surface area contributed by atoms with Crippen molar-refractivity contribution in [1.82, 2.24) is 15.5 Å². The number of aromatic nitrogens is 2. The number of sulfone groups is 1. The van der Waals surface area contributed by atoms with Crippen LogP contribution in [-0.4, -0.2) is 30.3 Å². The van der Waals surface area contributed by atoms with E-state index in [-0.39, 0.29) is 23.5 Å². The number of nitrogens with one attached hydrogen (secondary N) is 1. The second-order valence-corrected chi connectivity index (χ2v) is 7.99. The third-order valence-corrected chi connectivity index (χ3v) is 5.37. The summed E-state index contributed by atoms with van der Waals surface area (Å²) in [6.45, 7) is 1.51. The van der Waals surface area contributed by atoms with Crippen molar-refractivity contribution in [1.29, 1.82) is 0 Å². The standard InChI is InChI=1S/C16H19N3O4S/c1-2-24(21,22)16-19-18-15(23-16)13(17-14(20)12-8-9-12)10-11-6-4-3-5-7-11/h3-7,12-13H,2,8-10H2,1H3,(H,17,20)/t13-/m0/s1. The van der Waals surface area contributed by atoms with Gasteiger partial charge in [-0.05, 0) is 18.4 Å². The van der Waals surface area contributed by atoms with Gasteiger partial charge in [0.2, 0.25) is 21.6 Å². The Kier molecular flexibility index (Phi) is 4.66. The lowest BCUT2D eigenvalue weighted by Crippen LogP contribution is -2.31. The molecule has 1 aliphatic rings. The molecule has 0 aliphatic heterocycles. The van der Waals surface area contributed by atoms with Crippen molar-refractivity contribution in [2.24, 2.45) is 5.92 Å². The quantitative estimate of drug-likeness (QED) is 0.816. The fourth-order valence-electron chi connectivity index (χ4n) is 2.30. The van der Waals surface area contributed by atoms with E-state index in [0.717, 1.165) is 18.4 Å². The highest BCUT2D eigenvalue weighted by atomic mass is 32.2. The van der Waals surface area contributed by atoms with E-state index in [1.54, 1.807) is 0 Å². The third-order valence-electron chi connectivity index (χ3n) is 3.91. The molecule has 0 radical (unpaired) electrons. The summed E-state index contributed by atoms with van der Waals surface area (Å²) in [5.41, 5.74) is 0.983. The zero-order valence-electron chi connectivity index (χ0n) is 13.3. The molecule has 7 nitrogen and oxygen atoms in total. The molecule has 0 saturated heterocycles. The van der Waals surface area contributed by atoms with Crippen LogP contribution in [0.3, 0.4) is 0 Å². The Balaban J connectivity index is 1.84. The highest BCUT2D eigenvalue weighted by Crippen LogP contribution is 2.30. The number of carbonyl (C=O) groups is 1. The Labute approximate surface area is 140 Å². The van der Waals surface area contributed by atoms with Gasteiger partial charge in [-0.3, -0.25) is 4.79 Å². The molecule has 1 aromatic carbocycles. The number of hydrogen-bond acceptors (Lipinski definition) is 6. The molecule has 128 valence electrons. The monoisotopic (exact) mass is 349 g/mol. The van der Waals surface area contributed by atoms with Gasteiger partial charge in [0, 0.05) is 12.3 Å². The Morgan fingerprint density at radius 3 is 2.62 bits per heavy atom. The fourth-order valence-corrected chi connectivity index (χ4v) is 2.92. The van der Waals surface area contributed by atoms with E-state index in [1.165, 1.54) is 6.92 Å². The minimum Gasteiger partial charge on any atom is -0.410 e. The van der Waals surface area contributed by atoms with Crippen LogP contribution in [0.5, 0.6) is 0 Å². The van der Waals surface area contributed by atoms with Crippen LogP contribution in [0.4, 0.5) is 0 Å². The van der Waals surface area contributed by atoms with Gasteiger partial charge in [-0.25, -0.2) is 8.42 Å². The summed E-state index contributed by atoms with van der Waals surface area (Å²) in [5.74, 6) is -0.0363. The van der Waals surface area contributed by atoms with Crippen molar-refractivity contribution >= 4 is 15.7 Å². The predicted molar refractivity (Wildman–Crippen MR) is 85.8 cm³/mol. The minimum absolute atomic E-state index is 0.0324. The van der Waals surface area contributed by atoms with E-state index in [0.29, 0.717) is 6.42 Å². The molecule has 1 atom stereocenters. The van der Waals surface area contributed by atoms with Crippen LogP contribution >= 0.6 is 0 Å². The van der Waals surface area contributed by atoms with Crippen molar-refractivity contribution in [3.63, 3.8) is 0 Å².